The second kappa shape index (κ2) is 4.66. The largest absolute Gasteiger partial charge is 0.497 e. The second-order valence-electron chi connectivity index (χ2n) is 4.12. The zero-order valence-corrected chi connectivity index (χ0v) is 11.0. The lowest BCUT2D eigenvalue weighted by atomic mass is 10.0. The van der Waals surface area contributed by atoms with Gasteiger partial charge >= 0.3 is 0 Å². The Morgan fingerprint density at radius 1 is 1.35 bits per heavy atom. The van der Waals surface area contributed by atoms with Crippen LogP contribution in [0, 0.1) is 0 Å². The van der Waals surface area contributed by atoms with E-state index in [9.17, 15) is 8.42 Å². The summed E-state index contributed by atoms with van der Waals surface area (Å²) in [6.45, 7) is 2.73. The summed E-state index contributed by atoms with van der Waals surface area (Å²) in [5, 5.41) is 0. The summed E-state index contributed by atoms with van der Waals surface area (Å²) >= 11 is 0. The van der Waals surface area contributed by atoms with Gasteiger partial charge in [-0.15, -0.1) is 0 Å². The van der Waals surface area contributed by atoms with Crippen molar-refractivity contribution in [1.29, 1.82) is 0 Å². The van der Waals surface area contributed by atoms with E-state index in [4.69, 9.17) is 4.74 Å². The molecule has 0 bridgehead atoms. The minimum atomic E-state index is -3.08. The van der Waals surface area contributed by atoms with Crippen LogP contribution in [0.2, 0.25) is 0 Å². The molecule has 5 heteroatoms. The Hall–Kier alpha value is -1.07. The molecule has 0 aliphatic carbocycles. The Balaban J connectivity index is 2.26. The van der Waals surface area contributed by atoms with Crippen molar-refractivity contribution in [2.24, 2.45) is 0 Å². The average Bonchev–Trinajstić information content (AvgIpc) is 2.37. The Kier molecular flexibility index (Phi) is 3.40. The van der Waals surface area contributed by atoms with Crippen molar-refractivity contribution in [3.8, 4) is 5.75 Å². The zero-order valence-electron chi connectivity index (χ0n) is 10.1. The molecular weight excluding hydrogens is 238 g/mol. The first kappa shape index (κ1) is 12.4. The highest BCUT2D eigenvalue weighted by atomic mass is 32.2. The van der Waals surface area contributed by atoms with Crippen LogP contribution in [0.4, 0.5) is 0 Å². The number of methoxy groups -OCH3 is 1. The number of hydrogen-bond acceptors (Lipinski definition) is 3. The number of nitrogens with zero attached hydrogens (tertiary/aromatic N) is 1. The van der Waals surface area contributed by atoms with Gasteiger partial charge in [-0.05, 0) is 36.6 Å². The molecule has 1 aromatic carbocycles. The Morgan fingerprint density at radius 3 is 2.76 bits per heavy atom. The SMILES string of the molecule is CCS(=O)(=O)N1CCc2cc(OC)ccc2C1. The molecule has 0 aromatic heterocycles. The summed E-state index contributed by atoms with van der Waals surface area (Å²) in [5.74, 6) is 0.994. The van der Waals surface area contributed by atoms with Crippen molar-refractivity contribution in [1.82, 2.24) is 4.31 Å². The van der Waals surface area contributed by atoms with Crippen molar-refractivity contribution in [2.75, 3.05) is 19.4 Å². The lowest BCUT2D eigenvalue weighted by Gasteiger charge is -2.27. The average molecular weight is 255 g/mol. The highest BCUT2D eigenvalue weighted by Gasteiger charge is 2.25. The molecule has 0 atom stereocenters. The maximum Gasteiger partial charge on any atom is 0.214 e. The van der Waals surface area contributed by atoms with Crippen molar-refractivity contribution in [3.63, 3.8) is 0 Å². The zero-order chi connectivity index (χ0) is 12.5. The maximum absolute atomic E-state index is 11.8. The molecule has 1 aliphatic rings. The normalized spacial score (nSPS) is 16.6. The molecule has 0 radical (unpaired) electrons. The maximum atomic E-state index is 11.8. The Bertz CT molecular complexity index is 510. The third-order valence-electron chi connectivity index (χ3n) is 3.15. The molecule has 0 fully saturated rings. The van der Waals surface area contributed by atoms with E-state index in [0.29, 0.717) is 13.1 Å². The third-order valence-corrected chi connectivity index (χ3v) is 4.98. The summed E-state index contributed by atoms with van der Waals surface area (Å²) in [5.41, 5.74) is 2.26. The van der Waals surface area contributed by atoms with Crippen LogP contribution in [-0.4, -0.2) is 32.1 Å². The smallest absolute Gasteiger partial charge is 0.214 e. The highest BCUT2D eigenvalue weighted by molar-refractivity contribution is 7.89. The van der Waals surface area contributed by atoms with E-state index < -0.39 is 10.0 Å². The molecule has 1 aliphatic heterocycles. The second-order valence-corrected chi connectivity index (χ2v) is 6.38. The number of ether oxygens (including phenoxy) is 1. The molecule has 0 unspecified atom stereocenters. The summed E-state index contributed by atoms with van der Waals surface area (Å²) in [6.07, 6.45) is 0.756. The molecule has 0 spiro atoms. The molecule has 0 N–H and O–H groups in total. The van der Waals surface area contributed by atoms with E-state index in [0.717, 1.165) is 17.7 Å². The molecule has 0 amide bonds. The van der Waals surface area contributed by atoms with E-state index in [1.807, 2.05) is 18.2 Å². The van der Waals surface area contributed by atoms with E-state index in [2.05, 4.69) is 0 Å². The van der Waals surface area contributed by atoms with Crippen molar-refractivity contribution < 1.29 is 13.2 Å². The number of rotatable bonds is 3. The highest BCUT2D eigenvalue weighted by Crippen LogP contribution is 2.25. The standard InChI is InChI=1S/C12H17NO3S/c1-3-17(14,15)13-7-6-10-8-12(16-2)5-4-11(10)9-13/h4-5,8H,3,6-7,9H2,1-2H3. The van der Waals surface area contributed by atoms with Crippen molar-refractivity contribution >= 4 is 10.0 Å². The first-order chi connectivity index (χ1) is 8.06. The lowest BCUT2D eigenvalue weighted by molar-refractivity contribution is 0.387. The molecular formula is C12H17NO3S. The van der Waals surface area contributed by atoms with Crippen LogP contribution in [0.3, 0.4) is 0 Å². The minimum absolute atomic E-state index is 0.165. The van der Waals surface area contributed by atoms with Crippen LogP contribution in [-0.2, 0) is 23.0 Å². The number of sulfonamides is 1. The summed E-state index contributed by atoms with van der Waals surface area (Å²) in [6, 6.07) is 5.82. The van der Waals surface area contributed by atoms with E-state index in [1.165, 1.54) is 5.56 Å². The van der Waals surface area contributed by atoms with Gasteiger partial charge in [0.2, 0.25) is 10.0 Å². The molecule has 0 saturated carbocycles. The van der Waals surface area contributed by atoms with Crippen LogP contribution >= 0.6 is 0 Å². The molecule has 1 heterocycles. The van der Waals surface area contributed by atoms with Gasteiger partial charge in [-0.2, -0.15) is 4.31 Å². The quantitative estimate of drug-likeness (QED) is 0.820. The molecule has 2 rings (SSSR count). The Labute approximate surface area is 102 Å². The van der Waals surface area contributed by atoms with Crippen LogP contribution in [0.15, 0.2) is 18.2 Å². The Morgan fingerprint density at radius 2 is 2.12 bits per heavy atom. The van der Waals surface area contributed by atoms with Gasteiger partial charge in [0, 0.05) is 13.1 Å². The van der Waals surface area contributed by atoms with Gasteiger partial charge in [0.1, 0.15) is 5.75 Å². The van der Waals surface area contributed by atoms with Gasteiger partial charge in [0.15, 0.2) is 0 Å². The third kappa shape index (κ3) is 2.45. The van der Waals surface area contributed by atoms with Gasteiger partial charge in [-0.3, -0.25) is 0 Å². The van der Waals surface area contributed by atoms with Gasteiger partial charge in [-0.25, -0.2) is 8.42 Å². The number of fused-ring (bicyclic) bond motifs is 1. The van der Waals surface area contributed by atoms with Gasteiger partial charge in [-0.1, -0.05) is 6.07 Å². The van der Waals surface area contributed by atoms with Crippen LogP contribution in [0.1, 0.15) is 18.1 Å². The van der Waals surface area contributed by atoms with Crippen molar-refractivity contribution in [3.05, 3.63) is 29.3 Å². The molecule has 17 heavy (non-hydrogen) atoms. The van der Waals surface area contributed by atoms with Crippen LogP contribution in [0.5, 0.6) is 5.75 Å². The van der Waals surface area contributed by atoms with E-state index >= 15 is 0 Å². The first-order valence-corrected chi connectivity index (χ1v) is 7.31. The molecule has 4 nitrogen and oxygen atoms in total. The van der Waals surface area contributed by atoms with Crippen molar-refractivity contribution in [2.45, 2.75) is 19.9 Å². The van der Waals surface area contributed by atoms with E-state index in [1.54, 1.807) is 18.3 Å². The van der Waals surface area contributed by atoms with Gasteiger partial charge < -0.3 is 4.74 Å². The monoisotopic (exact) mass is 255 g/mol. The van der Waals surface area contributed by atoms with Gasteiger partial charge in [0.25, 0.3) is 0 Å². The predicted molar refractivity (Wildman–Crippen MR) is 66.6 cm³/mol. The van der Waals surface area contributed by atoms with Gasteiger partial charge in [0.05, 0.1) is 12.9 Å². The minimum Gasteiger partial charge on any atom is -0.497 e. The van der Waals surface area contributed by atoms with E-state index in [-0.39, 0.29) is 5.75 Å². The summed E-state index contributed by atoms with van der Waals surface area (Å²) < 4.78 is 30.3. The van der Waals surface area contributed by atoms with Crippen LogP contribution < -0.4 is 4.74 Å². The fourth-order valence-electron chi connectivity index (χ4n) is 2.05. The number of hydrogen-bond donors (Lipinski definition) is 0. The molecule has 1 aromatic rings. The fourth-order valence-corrected chi connectivity index (χ4v) is 3.12. The molecule has 94 valence electrons. The fraction of sp³-hybridized carbons (Fsp3) is 0.500. The number of benzene rings is 1. The first-order valence-electron chi connectivity index (χ1n) is 5.70. The topological polar surface area (TPSA) is 46.6 Å². The molecule has 0 saturated heterocycles. The lowest BCUT2D eigenvalue weighted by Crippen LogP contribution is -2.36. The summed E-state index contributed by atoms with van der Waals surface area (Å²) in [7, 11) is -1.44. The predicted octanol–water partition coefficient (Wildman–Crippen LogP) is 1.40. The van der Waals surface area contributed by atoms with Crippen LogP contribution in [0.25, 0.3) is 0 Å². The summed E-state index contributed by atoms with van der Waals surface area (Å²) in [4.78, 5) is 0.